The van der Waals surface area contributed by atoms with E-state index < -0.39 is 0 Å². The maximum absolute atomic E-state index is 12.2. The molecule has 4 N–H and O–H groups in total. The van der Waals surface area contributed by atoms with Crippen LogP contribution in [0.3, 0.4) is 0 Å². The molecule has 1 aliphatic carbocycles. The highest BCUT2D eigenvalue weighted by Gasteiger charge is 2.22. The first kappa shape index (κ1) is 13.9. The molecule has 0 saturated heterocycles. The number of carbonyl (C=O) groups is 1. The highest BCUT2D eigenvalue weighted by molar-refractivity contribution is 5.99. The molecule has 2 rings (SSSR count). The van der Waals surface area contributed by atoms with Crippen molar-refractivity contribution >= 4 is 11.6 Å². The number of benzene rings is 1. The van der Waals surface area contributed by atoms with Crippen LogP contribution in [-0.4, -0.2) is 12.5 Å². The molecule has 2 unspecified atom stereocenters. The van der Waals surface area contributed by atoms with E-state index in [0.717, 1.165) is 6.54 Å². The van der Waals surface area contributed by atoms with Crippen LogP contribution in [0.25, 0.3) is 0 Å². The van der Waals surface area contributed by atoms with E-state index in [1.807, 2.05) is 12.1 Å². The molecular weight excluding hydrogens is 238 g/mol. The number of hydrogen-bond donors (Lipinski definition) is 3. The number of nitrogens with one attached hydrogen (secondary N) is 2. The molecule has 0 bridgehead atoms. The third-order valence-corrected chi connectivity index (χ3v) is 4.14. The van der Waals surface area contributed by atoms with Crippen molar-refractivity contribution in [3.05, 3.63) is 29.8 Å². The van der Waals surface area contributed by atoms with E-state index in [2.05, 4.69) is 17.7 Å². The van der Waals surface area contributed by atoms with Crippen molar-refractivity contribution in [3.8, 4) is 0 Å². The maximum atomic E-state index is 12.2. The molecule has 4 heteroatoms. The van der Waals surface area contributed by atoms with E-state index in [0.29, 0.717) is 23.1 Å². The lowest BCUT2D eigenvalue weighted by Crippen LogP contribution is -2.33. The van der Waals surface area contributed by atoms with Crippen molar-refractivity contribution in [1.29, 1.82) is 0 Å². The van der Waals surface area contributed by atoms with Crippen molar-refractivity contribution in [1.82, 2.24) is 5.32 Å². The standard InChI is InChI=1S/C15H23N3O/c1-11-6-2-3-7-12(11)10-17-15(19)13-8-4-5-9-14(13)18-16/h4-5,8-9,11-12,18H,2-3,6-7,10,16H2,1H3,(H,17,19). The van der Waals surface area contributed by atoms with Crippen LogP contribution in [0.5, 0.6) is 0 Å². The third kappa shape index (κ3) is 3.47. The Kier molecular flexibility index (Phi) is 4.80. The summed E-state index contributed by atoms with van der Waals surface area (Å²) in [5, 5.41) is 3.04. The SMILES string of the molecule is CC1CCCCC1CNC(=O)c1ccccc1NN. The fourth-order valence-electron chi connectivity index (χ4n) is 2.82. The predicted octanol–water partition coefficient (Wildman–Crippen LogP) is 2.53. The molecule has 4 nitrogen and oxygen atoms in total. The first-order chi connectivity index (χ1) is 9.22. The van der Waals surface area contributed by atoms with Crippen LogP contribution in [0.2, 0.25) is 0 Å². The second-order valence-electron chi connectivity index (χ2n) is 5.42. The summed E-state index contributed by atoms with van der Waals surface area (Å²) in [7, 11) is 0. The lowest BCUT2D eigenvalue weighted by atomic mass is 9.80. The molecule has 1 aliphatic rings. The van der Waals surface area contributed by atoms with Crippen molar-refractivity contribution in [2.24, 2.45) is 17.7 Å². The molecule has 1 amide bonds. The number of carbonyl (C=O) groups excluding carboxylic acids is 1. The minimum atomic E-state index is -0.0497. The highest BCUT2D eigenvalue weighted by Crippen LogP contribution is 2.29. The largest absolute Gasteiger partial charge is 0.352 e. The molecule has 0 aromatic heterocycles. The van der Waals surface area contributed by atoms with Crippen LogP contribution < -0.4 is 16.6 Å². The summed E-state index contributed by atoms with van der Waals surface area (Å²) >= 11 is 0. The highest BCUT2D eigenvalue weighted by atomic mass is 16.1. The van der Waals surface area contributed by atoms with Crippen LogP contribution in [0, 0.1) is 11.8 Å². The third-order valence-electron chi connectivity index (χ3n) is 4.14. The second kappa shape index (κ2) is 6.57. The Hall–Kier alpha value is -1.55. The molecule has 1 saturated carbocycles. The van der Waals surface area contributed by atoms with Crippen LogP contribution in [0.1, 0.15) is 43.0 Å². The van der Waals surface area contributed by atoms with Gasteiger partial charge in [0.25, 0.3) is 5.91 Å². The Labute approximate surface area is 114 Å². The van der Waals surface area contributed by atoms with Gasteiger partial charge in [0.1, 0.15) is 0 Å². The van der Waals surface area contributed by atoms with E-state index >= 15 is 0 Å². The molecule has 104 valence electrons. The Morgan fingerprint density at radius 3 is 2.79 bits per heavy atom. The summed E-state index contributed by atoms with van der Waals surface area (Å²) in [6, 6.07) is 7.29. The van der Waals surface area contributed by atoms with Crippen molar-refractivity contribution in [2.75, 3.05) is 12.0 Å². The molecule has 0 aliphatic heterocycles. The van der Waals surface area contributed by atoms with E-state index in [-0.39, 0.29) is 5.91 Å². The number of amides is 1. The molecular formula is C15H23N3O. The van der Waals surface area contributed by atoms with Gasteiger partial charge >= 0.3 is 0 Å². The average molecular weight is 261 g/mol. The predicted molar refractivity (Wildman–Crippen MR) is 77.7 cm³/mol. The summed E-state index contributed by atoms with van der Waals surface area (Å²) < 4.78 is 0. The number of anilines is 1. The monoisotopic (exact) mass is 261 g/mol. The lowest BCUT2D eigenvalue weighted by Gasteiger charge is -2.28. The number of hydrogen-bond acceptors (Lipinski definition) is 3. The molecule has 0 heterocycles. The molecule has 0 radical (unpaired) electrons. The van der Waals surface area contributed by atoms with Crippen LogP contribution in [0.15, 0.2) is 24.3 Å². The van der Waals surface area contributed by atoms with Crippen molar-refractivity contribution in [3.63, 3.8) is 0 Å². The first-order valence-electron chi connectivity index (χ1n) is 7.06. The van der Waals surface area contributed by atoms with E-state index in [4.69, 9.17) is 5.84 Å². The van der Waals surface area contributed by atoms with Gasteiger partial charge in [-0.15, -0.1) is 0 Å². The molecule has 1 aromatic rings. The van der Waals surface area contributed by atoms with Gasteiger partial charge in [-0.05, 0) is 30.4 Å². The maximum Gasteiger partial charge on any atom is 0.253 e. The molecule has 1 aromatic carbocycles. The van der Waals surface area contributed by atoms with E-state index in [9.17, 15) is 4.79 Å². The summed E-state index contributed by atoms with van der Waals surface area (Å²) in [5.74, 6) is 6.68. The Morgan fingerprint density at radius 1 is 1.32 bits per heavy atom. The summed E-state index contributed by atoms with van der Waals surface area (Å²) in [6.07, 6.45) is 5.11. The van der Waals surface area contributed by atoms with Gasteiger partial charge in [-0.25, -0.2) is 0 Å². The Balaban J connectivity index is 1.93. The van der Waals surface area contributed by atoms with Gasteiger partial charge in [-0.3, -0.25) is 10.6 Å². The van der Waals surface area contributed by atoms with Gasteiger partial charge in [-0.2, -0.15) is 0 Å². The average Bonchev–Trinajstić information content (AvgIpc) is 2.46. The Bertz CT molecular complexity index is 433. The zero-order chi connectivity index (χ0) is 13.7. The first-order valence-corrected chi connectivity index (χ1v) is 7.06. The van der Waals surface area contributed by atoms with Crippen molar-refractivity contribution in [2.45, 2.75) is 32.6 Å². The number of nitrogens with two attached hydrogens (primary N) is 1. The van der Waals surface area contributed by atoms with Gasteiger partial charge < -0.3 is 10.7 Å². The topological polar surface area (TPSA) is 67.2 Å². The van der Waals surface area contributed by atoms with Crippen LogP contribution in [0.4, 0.5) is 5.69 Å². The van der Waals surface area contributed by atoms with E-state index in [1.165, 1.54) is 25.7 Å². The van der Waals surface area contributed by atoms with Gasteiger partial charge in [0.2, 0.25) is 0 Å². The summed E-state index contributed by atoms with van der Waals surface area (Å²) in [6.45, 7) is 3.05. The fraction of sp³-hybridized carbons (Fsp3) is 0.533. The summed E-state index contributed by atoms with van der Waals surface area (Å²) in [5.41, 5.74) is 3.83. The van der Waals surface area contributed by atoms with Crippen LogP contribution >= 0.6 is 0 Å². The quantitative estimate of drug-likeness (QED) is 0.576. The van der Waals surface area contributed by atoms with Crippen LogP contribution in [-0.2, 0) is 0 Å². The normalized spacial score (nSPS) is 22.8. The van der Waals surface area contributed by atoms with Gasteiger partial charge in [0.05, 0.1) is 11.3 Å². The van der Waals surface area contributed by atoms with Crippen molar-refractivity contribution < 1.29 is 4.79 Å². The smallest absolute Gasteiger partial charge is 0.253 e. The van der Waals surface area contributed by atoms with E-state index in [1.54, 1.807) is 12.1 Å². The molecule has 2 atom stereocenters. The zero-order valence-electron chi connectivity index (χ0n) is 11.5. The molecule has 19 heavy (non-hydrogen) atoms. The van der Waals surface area contributed by atoms with Gasteiger partial charge in [-0.1, -0.05) is 38.3 Å². The second-order valence-corrected chi connectivity index (χ2v) is 5.42. The number of hydrazine groups is 1. The minimum Gasteiger partial charge on any atom is -0.352 e. The molecule has 1 fully saturated rings. The zero-order valence-corrected chi connectivity index (χ0v) is 11.5. The number of para-hydroxylation sites is 1. The minimum absolute atomic E-state index is 0.0497. The Morgan fingerprint density at radius 2 is 2.05 bits per heavy atom. The lowest BCUT2D eigenvalue weighted by molar-refractivity contribution is 0.0937. The van der Waals surface area contributed by atoms with Gasteiger partial charge in [0.15, 0.2) is 0 Å². The van der Waals surface area contributed by atoms with Gasteiger partial charge in [0, 0.05) is 6.54 Å². The number of nitrogen functional groups attached to an aromatic ring is 1. The number of rotatable bonds is 4. The summed E-state index contributed by atoms with van der Waals surface area (Å²) in [4.78, 5) is 12.2. The molecule has 0 spiro atoms. The fourth-order valence-corrected chi connectivity index (χ4v) is 2.82.